The highest BCUT2D eigenvalue weighted by Crippen LogP contribution is 2.36. The van der Waals surface area contributed by atoms with Crippen molar-refractivity contribution in [1.82, 2.24) is 39.3 Å². The van der Waals surface area contributed by atoms with Crippen molar-refractivity contribution in [2.75, 3.05) is 5.32 Å². The Labute approximate surface area is 209 Å². The molecule has 0 radical (unpaired) electrons. The lowest BCUT2D eigenvalue weighted by Crippen LogP contribution is -2.09. The summed E-state index contributed by atoms with van der Waals surface area (Å²) in [5.41, 5.74) is 9.04. The highest BCUT2D eigenvalue weighted by molar-refractivity contribution is 5.72. The van der Waals surface area contributed by atoms with E-state index in [-0.39, 0.29) is 0 Å². The van der Waals surface area contributed by atoms with E-state index in [0.29, 0.717) is 5.95 Å². The van der Waals surface area contributed by atoms with Crippen LogP contribution in [0.5, 0.6) is 0 Å². The summed E-state index contributed by atoms with van der Waals surface area (Å²) < 4.78 is 5.84. The molecule has 0 amide bonds. The van der Waals surface area contributed by atoms with E-state index < -0.39 is 0 Å². The molecule has 4 aromatic heterocycles. The minimum atomic E-state index is 0.549. The van der Waals surface area contributed by atoms with Crippen molar-refractivity contribution in [2.45, 2.75) is 46.2 Å². The third-order valence-electron chi connectivity index (χ3n) is 6.76. The Morgan fingerprint density at radius 3 is 2.67 bits per heavy atom. The minimum Gasteiger partial charge on any atom is -0.307 e. The normalized spacial score (nSPS) is 12.4. The summed E-state index contributed by atoms with van der Waals surface area (Å²) in [5, 5.41) is 17.1. The number of fused-ring (bicyclic) bond motifs is 3. The van der Waals surface area contributed by atoms with E-state index in [1.54, 1.807) is 0 Å². The van der Waals surface area contributed by atoms with Gasteiger partial charge in [0.1, 0.15) is 0 Å². The van der Waals surface area contributed by atoms with Crippen LogP contribution in [0, 0.1) is 0 Å². The molecular formula is C27H29N9. The monoisotopic (exact) mass is 479 g/mol. The molecule has 0 fully saturated rings. The summed E-state index contributed by atoms with van der Waals surface area (Å²) >= 11 is 0. The SMILES string of the molecule is CCn1cc(-c2cccc(Cc3c4c(nn3C)CCc3cnc(Nc5ccn(CC)n5)nc3-4)c2)cn1. The Morgan fingerprint density at radius 1 is 0.972 bits per heavy atom. The summed E-state index contributed by atoms with van der Waals surface area (Å²) in [6.07, 6.45) is 10.5. The topological polar surface area (TPSA) is 91.3 Å². The van der Waals surface area contributed by atoms with Gasteiger partial charge in [-0.05, 0) is 43.4 Å². The van der Waals surface area contributed by atoms with Crippen molar-refractivity contribution in [3.8, 4) is 22.4 Å². The van der Waals surface area contributed by atoms with E-state index in [1.807, 2.05) is 45.7 Å². The van der Waals surface area contributed by atoms with Crippen LogP contribution in [0.15, 0.2) is 55.1 Å². The van der Waals surface area contributed by atoms with Gasteiger partial charge in [0.25, 0.3) is 0 Å². The standard InChI is InChI=1S/C27H29N9/c1-4-35-12-11-24(33-35)30-27-28-15-20-9-10-22-25(26(20)31-27)23(34(3)32-22)14-18-7-6-8-19(13-18)21-16-29-36(5-2)17-21/h6-8,11-13,15-17H,4-5,9-10,14H2,1-3H3,(H,28,30,31,33). The van der Waals surface area contributed by atoms with Gasteiger partial charge in [0, 0.05) is 62.3 Å². The van der Waals surface area contributed by atoms with Crippen molar-refractivity contribution in [1.29, 1.82) is 0 Å². The molecule has 36 heavy (non-hydrogen) atoms. The zero-order valence-electron chi connectivity index (χ0n) is 20.8. The van der Waals surface area contributed by atoms with E-state index in [0.717, 1.165) is 71.9 Å². The van der Waals surface area contributed by atoms with Crippen molar-refractivity contribution in [2.24, 2.45) is 7.05 Å². The van der Waals surface area contributed by atoms with E-state index in [2.05, 4.69) is 64.8 Å². The van der Waals surface area contributed by atoms with E-state index in [4.69, 9.17) is 10.1 Å². The fraction of sp³-hybridized carbons (Fsp3) is 0.296. The maximum absolute atomic E-state index is 4.94. The fourth-order valence-corrected chi connectivity index (χ4v) is 4.85. The first-order valence-corrected chi connectivity index (χ1v) is 12.4. The number of benzene rings is 1. The second-order valence-electron chi connectivity index (χ2n) is 9.10. The zero-order chi connectivity index (χ0) is 24.6. The lowest BCUT2D eigenvalue weighted by atomic mass is 9.91. The number of aryl methyl sites for hydroxylation is 5. The van der Waals surface area contributed by atoms with Crippen LogP contribution in [0.4, 0.5) is 11.8 Å². The third-order valence-corrected chi connectivity index (χ3v) is 6.76. The summed E-state index contributed by atoms with van der Waals surface area (Å²) in [6, 6.07) is 10.6. The molecule has 0 unspecified atom stereocenters. The van der Waals surface area contributed by atoms with E-state index in [1.165, 1.54) is 11.1 Å². The number of rotatable bonds is 7. The van der Waals surface area contributed by atoms with Gasteiger partial charge in [0.2, 0.25) is 5.95 Å². The van der Waals surface area contributed by atoms with Crippen LogP contribution in [0.3, 0.4) is 0 Å². The molecule has 5 aromatic rings. The molecule has 9 nitrogen and oxygen atoms in total. The Balaban J connectivity index is 1.34. The second-order valence-corrected chi connectivity index (χ2v) is 9.10. The number of hydrogen-bond donors (Lipinski definition) is 1. The van der Waals surface area contributed by atoms with Crippen LogP contribution in [-0.2, 0) is 39.4 Å². The van der Waals surface area contributed by atoms with E-state index in [9.17, 15) is 0 Å². The lowest BCUT2D eigenvalue weighted by Gasteiger charge is -2.17. The Morgan fingerprint density at radius 2 is 1.86 bits per heavy atom. The molecule has 0 saturated heterocycles. The van der Waals surface area contributed by atoms with Gasteiger partial charge in [-0.1, -0.05) is 24.3 Å². The Kier molecular flexibility index (Phi) is 5.59. The highest BCUT2D eigenvalue weighted by Gasteiger charge is 2.26. The highest BCUT2D eigenvalue weighted by atomic mass is 15.3. The van der Waals surface area contributed by atoms with Crippen molar-refractivity contribution >= 4 is 11.8 Å². The molecule has 1 aromatic carbocycles. The Bertz CT molecular complexity index is 1540. The molecular weight excluding hydrogens is 450 g/mol. The molecule has 0 aliphatic heterocycles. The number of hydrogen-bond acceptors (Lipinski definition) is 6. The smallest absolute Gasteiger partial charge is 0.228 e. The first kappa shape index (κ1) is 22.2. The Hall–Kier alpha value is -4.27. The molecule has 0 saturated carbocycles. The summed E-state index contributed by atoms with van der Waals surface area (Å²) in [7, 11) is 2.03. The predicted octanol–water partition coefficient (Wildman–Crippen LogP) is 4.41. The van der Waals surface area contributed by atoms with Gasteiger partial charge in [0.15, 0.2) is 5.82 Å². The molecule has 9 heteroatoms. The summed E-state index contributed by atoms with van der Waals surface area (Å²) in [5.74, 6) is 1.29. The summed E-state index contributed by atoms with van der Waals surface area (Å²) in [6.45, 7) is 5.83. The van der Waals surface area contributed by atoms with Gasteiger partial charge in [-0.15, -0.1) is 0 Å². The van der Waals surface area contributed by atoms with Crippen molar-refractivity contribution in [3.63, 3.8) is 0 Å². The average Bonchev–Trinajstić information content (AvgIpc) is 3.63. The van der Waals surface area contributed by atoms with Gasteiger partial charge in [0.05, 0.1) is 23.3 Å². The first-order valence-electron chi connectivity index (χ1n) is 12.4. The lowest BCUT2D eigenvalue weighted by molar-refractivity contribution is 0.660. The second kappa shape index (κ2) is 9.07. The molecule has 6 rings (SSSR count). The molecule has 0 spiro atoms. The van der Waals surface area contributed by atoms with Crippen molar-refractivity contribution < 1.29 is 0 Å². The van der Waals surface area contributed by atoms with Crippen molar-refractivity contribution in [3.05, 3.63) is 77.6 Å². The maximum atomic E-state index is 4.94. The van der Waals surface area contributed by atoms with Gasteiger partial charge < -0.3 is 5.32 Å². The van der Waals surface area contributed by atoms with E-state index >= 15 is 0 Å². The third kappa shape index (κ3) is 4.06. The quantitative estimate of drug-likeness (QED) is 0.372. The number of anilines is 2. The fourth-order valence-electron chi connectivity index (χ4n) is 4.85. The van der Waals surface area contributed by atoms with Gasteiger partial charge in [-0.25, -0.2) is 9.97 Å². The maximum Gasteiger partial charge on any atom is 0.228 e. The molecule has 1 aliphatic carbocycles. The van der Waals surface area contributed by atoms with Crippen LogP contribution >= 0.6 is 0 Å². The molecule has 182 valence electrons. The van der Waals surface area contributed by atoms with Gasteiger partial charge in [-0.2, -0.15) is 15.3 Å². The van der Waals surface area contributed by atoms with Crippen LogP contribution in [-0.4, -0.2) is 39.3 Å². The molecule has 1 aliphatic rings. The molecule has 0 atom stereocenters. The summed E-state index contributed by atoms with van der Waals surface area (Å²) in [4.78, 5) is 9.51. The van der Waals surface area contributed by atoms with Gasteiger partial charge in [-0.3, -0.25) is 14.0 Å². The van der Waals surface area contributed by atoms with Crippen LogP contribution in [0.25, 0.3) is 22.4 Å². The predicted molar refractivity (Wildman–Crippen MR) is 139 cm³/mol. The van der Waals surface area contributed by atoms with Crippen LogP contribution < -0.4 is 5.32 Å². The minimum absolute atomic E-state index is 0.549. The molecule has 0 bridgehead atoms. The first-order chi connectivity index (χ1) is 17.6. The van der Waals surface area contributed by atoms with Crippen LogP contribution in [0.2, 0.25) is 0 Å². The van der Waals surface area contributed by atoms with Gasteiger partial charge >= 0.3 is 0 Å². The molecule has 4 heterocycles. The number of nitrogens with zero attached hydrogens (tertiary/aromatic N) is 8. The number of aromatic nitrogens is 8. The van der Waals surface area contributed by atoms with Crippen LogP contribution in [0.1, 0.15) is 36.4 Å². The molecule has 1 N–H and O–H groups in total. The number of nitrogens with one attached hydrogen (secondary N) is 1. The zero-order valence-corrected chi connectivity index (χ0v) is 20.8. The average molecular weight is 480 g/mol. The largest absolute Gasteiger partial charge is 0.307 e.